The van der Waals surface area contributed by atoms with Gasteiger partial charge in [0.25, 0.3) is 0 Å². The molecule has 21 heavy (non-hydrogen) atoms. The Kier molecular flexibility index (Phi) is 3.84. The second kappa shape index (κ2) is 5.43. The third-order valence-electron chi connectivity index (χ3n) is 2.72. The summed E-state index contributed by atoms with van der Waals surface area (Å²) >= 11 is 0. The molecule has 0 aliphatic heterocycles. The van der Waals surface area contributed by atoms with Crippen molar-refractivity contribution in [3.05, 3.63) is 53.3 Å². The minimum atomic E-state index is -4.62. The molecule has 1 aromatic heterocycles. The zero-order valence-corrected chi connectivity index (χ0v) is 10.8. The molecule has 0 spiro atoms. The highest BCUT2D eigenvalue weighted by Gasteiger charge is 2.32. The van der Waals surface area contributed by atoms with Crippen molar-refractivity contribution in [3.8, 4) is 11.5 Å². The number of benzene rings is 1. The van der Waals surface area contributed by atoms with Crippen LogP contribution in [0.1, 0.15) is 21.6 Å². The van der Waals surface area contributed by atoms with Crippen molar-refractivity contribution in [2.24, 2.45) is 0 Å². The van der Waals surface area contributed by atoms with E-state index in [-0.39, 0.29) is 11.5 Å². The highest BCUT2D eigenvalue weighted by molar-refractivity contribution is 5.91. The number of ether oxygens (including phenoxy) is 1. The van der Waals surface area contributed by atoms with Crippen molar-refractivity contribution in [1.29, 1.82) is 0 Å². The van der Waals surface area contributed by atoms with Crippen LogP contribution in [0.3, 0.4) is 0 Å². The molecular weight excluding hydrogens is 287 g/mol. The molecule has 2 aromatic rings. The van der Waals surface area contributed by atoms with Crippen molar-refractivity contribution in [1.82, 2.24) is 4.98 Å². The summed E-state index contributed by atoms with van der Waals surface area (Å²) in [4.78, 5) is 15.1. The van der Waals surface area contributed by atoms with Crippen molar-refractivity contribution >= 4 is 5.97 Å². The van der Waals surface area contributed by atoms with Crippen LogP contribution in [0, 0.1) is 6.92 Å². The highest BCUT2D eigenvalue weighted by atomic mass is 19.4. The summed E-state index contributed by atoms with van der Waals surface area (Å²) in [7, 11) is 0. The molecule has 0 fully saturated rings. The van der Waals surface area contributed by atoms with Crippen LogP contribution >= 0.6 is 0 Å². The molecule has 0 saturated heterocycles. The Morgan fingerprint density at radius 2 is 1.95 bits per heavy atom. The number of aryl methyl sites for hydroxylation is 1. The van der Waals surface area contributed by atoms with Gasteiger partial charge in [0.1, 0.15) is 17.1 Å². The zero-order valence-electron chi connectivity index (χ0n) is 10.8. The molecule has 0 bridgehead atoms. The van der Waals surface area contributed by atoms with E-state index in [1.807, 2.05) is 0 Å². The number of carboxylic acids is 1. The summed E-state index contributed by atoms with van der Waals surface area (Å²) in [5, 5.41) is 9.04. The topological polar surface area (TPSA) is 59.4 Å². The first-order chi connectivity index (χ1) is 9.79. The predicted octanol–water partition coefficient (Wildman–Crippen LogP) is 3.90. The first-order valence-electron chi connectivity index (χ1n) is 5.83. The van der Waals surface area contributed by atoms with Crippen LogP contribution in [-0.2, 0) is 6.18 Å². The molecule has 0 aliphatic rings. The molecule has 0 atom stereocenters. The Bertz CT molecular complexity index is 683. The van der Waals surface area contributed by atoms with E-state index in [0.29, 0.717) is 11.8 Å². The van der Waals surface area contributed by atoms with E-state index in [9.17, 15) is 18.0 Å². The van der Waals surface area contributed by atoms with Crippen LogP contribution in [0.5, 0.6) is 11.5 Å². The number of alkyl halides is 3. The van der Waals surface area contributed by atoms with Crippen molar-refractivity contribution in [3.63, 3.8) is 0 Å². The monoisotopic (exact) mass is 297 g/mol. The number of pyridine rings is 1. The third kappa shape index (κ3) is 3.31. The predicted molar refractivity (Wildman–Crippen MR) is 67.5 cm³/mol. The van der Waals surface area contributed by atoms with E-state index < -0.39 is 23.3 Å². The first kappa shape index (κ1) is 14.8. The molecule has 2 rings (SSSR count). The summed E-state index contributed by atoms with van der Waals surface area (Å²) in [6, 6.07) is 5.42. The van der Waals surface area contributed by atoms with Gasteiger partial charge in [0.2, 0.25) is 0 Å². The second-order valence-electron chi connectivity index (χ2n) is 4.20. The van der Waals surface area contributed by atoms with Gasteiger partial charge in [-0.15, -0.1) is 0 Å². The molecule has 1 N–H and O–H groups in total. The molecule has 0 amide bonds. The van der Waals surface area contributed by atoms with E-state index in [4.69, 9.17) is 9.84 Å². The van der Waals surface area contributed by atoms with Gasteiger partial charge >= 0.3 is 12.1 Å². The SMILES string of the molecule is Cc1ncccc1Oc1ccc(C(F)(F)F)cc1C(=O)O. The molecule has 7 heteroatoms. The molecule has 0 saturated carbocycles. The molecule has 1 aromatic carbocycles. The maximum Gasteiger partial charge on any atom is 0.416 e. The number of aromatic carboxylic acids is 1. The zero-order chi connectivity index (χ0) is 15.6. The smallest absolute Gasteiger partial charge is 0.416 e. The van der Waals surface area contributed by atoms with Crippen LogP contribution in [0.2, 0.25) is 0 Å². The van der Waals surface area contributed by atoms with Gasteiger partial charge in [-0.2, -0.15) is 13.2 Å². The quantitative estimate of drug-likeness (QED) is 0.933. The lowest BCUT2D eigenvalue weighted by Gasteiger charge is -2.13. The van der Waals surface area contributed by atoms with E-state index >= 15 is 0 Å². The molecule has 110 valence electrons. The maximum atomic E-state index is 12.6. The Balaban J connectivity index is 2.45. The van der Waals surface area contributed by atoms with Gasteiger partial charge < -0.3 is 9.84 Å². The van der Waals surface area contributed by atoms with Crippen molar-refractivity contribution in [2.45, 2.75) is 13.1 Å². The first-order valence-corrected chi connectivity index (χ1v) is 5.83. The van der Waals surface area contributed by atoms with Gasteiger partial charge in [-0.05, 0) is 37.3 Å². The lowest BCUT2D eigenvalue weighted by atomic mass is 10.1. The van der Waals surface area contributed by atoms with Crippen LogP contribution < -0.4 is 4.74 Å². The highest BCUT2D eigenvalue weighted by Crippen LogP contribution is 2.34. The number of aromatic nitrogens is 1. The fourth-order valence-corrected chi connectivity index (χ4v) is 1.66. The number of nitrogens with zero attached hydrogens (tertiary/aromatic N) is 1. The Morgan fingerprint density at radius 1 is 1.24 bits per heavy atom. The van der Waals surface area contributed by atoms with Crippen LogP contribution in [-0.4, -0.2) is 16.1 Å². The van der Waals surface area contributed by atoms with Gasteiger partial charge in [-0.1, -0.05) is 0 Å². The number of hydrogen-bond acceptors (Lipinski definition) is 3. The van der Waals surface area contributed by atoms with Gasteiger partial charge in [0, 0.05) is 6.20 Å². The van der Waals surface area contributed by atoms with E-state index in [1.165, 1.54) is 6.20 Å². The summed E-state index contributed by atoms with van der Waals surface area (Å²) in [6.45, 7) is 1.64. The average molecular weight is 297 g/mol. The third-order valence-corrected chi connectivity index (χ3v) is 2.72. The summed E-state index contributed by atoms with van der Waals surface area (Å²) in [6.07, 6.45) is -3.10. The van der Waals surface area contributed by atoms with E-state index in [2.05, 4.69) is 4.98 Å². The van der Waals surface area contributed by atoms with Crippen LogP contribution in [0.15, 0.2) is 36.5 Å². The Hall–Kier alpha value is -2.57. The lowest BCUT2D eigenvalue weighted by Crippen LogP contribution is -2.08. The largest absolute Gasteiger partial charge is 0.478 e. The normalized spacial score (nSPS) is 11.2. The summed E-state index contributed by atoms with van der Waals surface area (Å²) in [5.41, 5.74) is -1.11. The summed E-state index contributed by atoms with van der Waals surface area (Å²) in [5.74, 6) is -1.40. The van der Waals surface area contributed by atoms with Gasteiger partial charge in [-0.3, -0.25) is 4.98 Å². The Labute approximate surface area is 117 Å². The minimum absolute atomic E-state index is 0.174. The number of halogens is 3. The molecule has 0 aliphatic carbocycles. The number of carboxylic acid groups (broad SMARTS) is 1. The van der Waals surface area contributed by atoms with E-state index in [0.717, 1.165) is 12.1 Å². The maximum absolute atomic E-state index is 12.6. The fraction of sp³-hybridized carbons (Fsp3) is 0.143. The lowest BCUT2D eigenvalue weighted by molar-refractivity contribution is -0.137. The van der Waals surface area contributed by atoms with Gasteiger partial charge in [0.05, 0.1) is 11.3 Å². The van der Waals surface area contributed by atoms with Gasteiger partial charge in [-0.25, -0.2) is 4.79 Å². The van der Waals surface area contributed by atoms with E-state index in [1.54, 1.807) is 19.1 Å². The Morgan fingerprint density at radius 3 is 2.52 bits per heavy atom. The van der Waals surface area contributed by atoms with Crippen molar-refractivity contribution in [2.75, 3.05) is 0 Å². The van der Waals surface area contributed by atoms with Crippen LogP contribution in [0.4, 0.5) is 13.2 Å². The van der Waals surface area contributed by atoms with Gasteiger partial charge in [0.15, 0.2) is 0 Å². The number of rotatable bonds is 3. The molecule has 0 radical (unpaired) electrons. The standard InChI is InChI=1S/C14H10F3NO3/c1-8-11(3-2-6-18-8)21-12-5-4-9(14(15,16)17)7-10(12)13(19)20/h2-7H,1H3,(H,19,20). The molecular formula is C14H10F3NO3. The average Bonchev–Trinajstić information content (AvgIpc) is 2.40. The minimum Gasteiger partial charge on any atom is -0.478 e. The van der Waals surface area contributed by atoms with Crippen molar-refractivity contribution < 1.29 is 27.8 Å². The number of carbonyl (C=O) groups is 1. The second-order valence-corrected chi connectivity index (χ2v) is 4.20. The molecule has 4 nitrogen and oxygen atoms in total. The van der Waals surface area contributed by atoms with Crippen LogP contribution in [0.25, 0.3) is 0 Å². The number of hydrogen-bond donors (Lipinski definition) is 1. The molecule has 1 heterocycles. The molecule has 0 unspecified atom stereocenters. The summed E-state index contributed by atoms with van der Waals surface area (Å²) < 4.78 is 43.2. The fourth-order valence-electron chi connectivity index (χ4n) is 1.66.